The molecule has 0 saturated heterocycles. The average molecular weight is 285 g/mol. The van der Waals surface area contributed by atoms with Crippen LogP contribution in [-0.4, -0.2) is 16.9 Å². The van der Waals surface area contributed by atoms with Crippen molar-refractivity contribution in [2.45, 2.75) is 25.4 Å². The second-order valence-corrected chi connectivity index (χ2v) is 5.12. The van der Waals surface area contributed by atoms with E-state index in [0.717, 1.165) is 5.69 Å². The Hall–Kier alpha value is -2.43. The number of carbonyl (C=O) groups is 1. The molecule has 2 aromatic rings. The Labute approximate surface area is 122 Å². The Kier molecular flexibility index (Phi) is 3.81. The highest BCUT2D eigenvalue weighted by Gasteiger charge is 2.20. The van der Waals surface area contributed by atoms with Crippen LogP contribution < -0.4 is 10.6 Å². The van der Waals surface area contributed by atoms with E-state index in [2.05, 4.69) is 15.6 Å². The summed E-state index contributed by atoms with van der Waals surface area (Å²) in [5, 5.41) is 5.97. The highest BCUT2D eigenvalue weighted by atomic mass is 19.1. The molecule has 1 fully saturated rings. The van der Waals surface area contributed by atoms with Gasteiger partial charge in [-0.05, 0) is 31.0 Å². The number of anilines is 1. The maximum atomic E-state index is 13.4. The average Bonchev–Trinajstić information content (AvgIpc) is 3.31. The van der Waals surface area contributed by atoms with Gasteiger partial charge in [-0.15, -0.1) is 0 Å². The lowest BCUT2D eigenvalue weighted by Gasteiger charge is -2.07. The first-order valence-electron chi connectivity index (χ1n) is 6.96. The molecule has 0 spiro atoms. The van der Waals surface area contributed by atoms with Gasteiger partial charge >= 0.3 is 0 Å². The van der Waals surface area contributed by atoms with Gasteiger partial charge in [0, 0.05) is 18.2 Å². The highest BCUT2D eigenvalue weighted by Crippen LogP contribution is 2.24. The van der Waals surface area contributed by atoms with Crippen LogP contribution in [0.4, 0.5) is 10.1 Å². The molecular formula is C16H16FN3O. The Morgan fingerprint density at radius 1 is 1.24 bits per heavy atom. The van der Waals surface area contributed by atoms with Gasteiger partial charge in [-0.3, -0.25) is 4.79 Å². The minimum atomic E-state index is -0.324. The summed E-state index contributed by atoms with van der Waals surface area (Å²) in [6.07, 6.45) is 4.02. The fraction of sp³-hybridized carbons (Fsp3) is 0.250. The topological polar surface area (TPSA) is 54.0 Å². The molecule has 2 N–H and O–H groups in total. The van der Waals surface area contributed by atoms with Gasteiger partial charge in [0.25, 0.3) is 5.91 Å². The SMILES string of the molecule is O=C(NCc1ccccc1F)c1ccc(NC2CC2)cn1. The van der Waals surface area contributed by atoms with Gasteiger partial charge in [-0.2, -0.15) is 0 Å². The standard InChI is InChI=1S/C16H16FN3O/c17-14-4-2-1-3-11(14)9-19-16(21)15-8-7-13(10-18-15)20-12-5-6-12/h1-4,7-8,10,12,20H,5-6,9H2,(H,19,21). The van der Waals surface area contributed by atoms with Crippen molar-refractivity contribution in [3.8, 4) is 0 Å². The monoisotopic (exact) mass is 285 g/mol. The molecule has 0 aliphatic heterocycles. The molecule has 1 aromatic heterocycles. The van der Waals surface area contributed by atoms with E-state index >= 15 is 0 Å². The minimum absolute atomic E-state index is 0.148. The Morgan fingerprint density at radius 3 is 2.71 bits per heavy atom. The van der Waals surface area contributed by atoms with Crippen LogP contribution in [-0.2, 0) is 6.54 Å². The van der Waals surface area contributed by atoms with Gasteiger partial charge in [0.1, 0.15) is 11.5 Å². The van der Waals surface area contributed by atoms with Crippen LogP contribution in [0, 0.1) is 5.82 Å². The third kappa shape index (κ3) is 3.56. The lowest BCUT2D eigenvalue weighted by Crippen LogP contribution is -2.24. The van der Waals surface area contributed by atoms with Crippen LogP contribution in [0.25, 0.3) is 0 Å². The number of nitrogens with zero attached hydrogens (tertiary/aromatic N) is 1. The Bertz CT molecular complexity index is 638. The van der Waals surface area contributed by atoms with Gasteiger partial charge in [-0.25, -0.2) is 9.37 Å². The zero-order valence-electron chi connectivity index (χ0n) is 11.5. The smallest absolute Gasteiger partial charge is 0.270 e. The van der Waals surface area contributed by atoms with Crippen molar-refractivity contribution in [1.82, 2.24) is 10.3 Å². The number of halogens is 1. The molecule has 1 amide bonds. The lowest BCUT2D eigenvalue weighted by atomic mass is 10.2. The number of aromatic nitrogens is 1. The maximum Gasteiger partial charge on any atom is 0.270 e. The third-order valence-electron chi connectivity index (χ3n) is 3.34. The first-order chi connectivity index (χ1) is 10.2. The Balaban J connectivity index is 1.58. The van der Waals surface area contributed by atoms with Crippen LogP contribution in [0.1, 0.15) is 28.9 Å². The van der Waals surface area contributed by atoms with Crippen LogP contribution >= 0.6 is 0 Å². The zero-order valence-corrected chi connectivity index (χ0v) is 11.5. The van der Waals surface area contributed by atoms with Crippen molar-refractivity contribution in [2.24, 2.45) is 0 Å². The van der Waals surface area contributed by atoms with Crippen LogP contribution in [0.3, 0.4) is 0 Å². The number of benzene rings is 1. The van der Waals surface area contributed by atoms with Gasteiger partial charge in [0.05, 0.1) is 11.9 Å². The summed E-state index contributed by atoms with van der Waals surface area (Å²) < 4.78 is 13.4. The number of rotatable bonds is 5. The maximum absolute atomic E-state index is 13.4. The van der Waals surface area contributed by atoms with Crippen LogP contribution in [0.15, 0.2) is 42.6 Å². The van der Waals surface area contributed by atoms with E-state index in [4.69, 9.17) is 0 Å². The molecule has 1 heterocycles. The zero-order chi connectivity index (χ0) is 14.7. The molecule has 21 heavy (non-hydrogen) atoms. The molecule has 3 rings (SSSR count). The van der Waals surface area contributed by atoms with Crippen LogP contribution in [0.5, 0.6) is 0 Å². The predicted octanol–water partition coefficient (Wildman–Crippen LogP) is 2.73. The van der Waals surface area contributed by atoms with Crippen molar-refractivity contribution < 1.29 is 9.18 Å². The summed E-state index contributed by atoms with van der Waals surface area (Å²) in [7, 11) is 0. The number of amides is 1. The first-order valence-corrected chi connectivity index (χ1v) is 6.96. The molecular weight excluding hydrogens is 269 g/mol. The molecule has 0 unspecified atom stereocenters. The molecule has 1 aromatic carbocycles. The number of hydrogen-bond donors (Lipinski definition) is 2. The van der Waals surface area contributed by atoms with Gasteiger partial charge < -0.3 is 10.6 Å². The van der Waals surface area contributed by atoms with E-state index in [1.54, 1.807) is 30.5 Å². The molecule has 108 valence electrons. The number of nitrogens with one attached hydrogen (secondary N) is 2. The fourth-order valence-corrected chi connectivity index (χ4v) is 1.98. The lowest BCUT2D eigenvalue weighted by molar-refractivity contribution is 0.0945. The van der Waals surface area contributed by atoms with E-state index in [9.17, 15) is 9.18 Å². The molecule has 1 aliphatic carbocycles. The molecule has 0 atom stereocenters. The predicted molar refractivity (Wildman–Crippen MR) is 78.5 cm³/mol. The molecule has 5 heteroatoms. The van der Waals surface area contributed by atoms with E-state index in [1.165, 1.54) is 18.9 Å². The summed E-state index contributed by atoms with van der Waals surface area (Å²) in [6, 6.07) is 10.4. The van der Waals surface area contributed by atoms with E-state index in [-0.39, 0.29) is 18.3 Å². The molecule has 1 aliphatic rings. The van der Waals surface area contributed by atoms with E-state index < -0.39 is 0 Å². The summed E-state index contributed by atoms with van der Waals surface area (Å²) >= 11 is 0. The number of hydrogen-bond acceptors (Lipinski definition) is 3. The summed E-state index contributed by atoms with van der Waals surface area (Å²) in [4.78, 5) is 16.1. The number of pyridine rings is 1. The normalized spacial score (nSPS) is 13.8. The first kappa shape index (κ1) is 13.5. The molecule has 0 radical (unpaired) electrons. The summed E-state index contributed by atoms with van der Waals surface area (Å²) in [6.45, 7) is 0.148. The fourth-order valence-electron chi connectivity index (χ4n) is 1.98. The van der Waals surface area contributed by atoms with Gasteiger partial charge in [0.15, 0.2) is 0 Å². The highest BCUT2D eigenvalue weighted by molar-refractivity contribution is 5.92. The van der Waals surface area contributed by atoms with Crippen molar-refractivity contribution in [3.63, 3.8) is 0 Å². The minimum Gasteiger partial charge on any atom is -0.381 e. The third-order valence-corrected chi connectivity index (χ3v) is 3.34. The molecule has 4 nitrogen and oxygen atoms in total. The van der Waals surface area contributed by atoms with E-state index in [1.807, 2.05) is 6.07 Å². The van der Waals surface area contributed by atoms with Crippen molar-refractivity contribution >= 4 is 11.6 Å². The molecule has 0 bridgehead atoms. The van der Waals surface area contributed by atoms with Crippen molar-refractivity contribution in [3.05, 3.63) is 59.7 Å². The Morgan fingerprint density at radius 2 is 2.05 bits per heavy atom. The van der Waals surface area contributed by atoms with Crippen molar-refractivity contribution in [2.75, 3.05) is 5.32 Å². The summed E-state index contributed by atoms with van der Waals surface area (Å²) in [5.41, 5.74) is 1.70. The quantitative estimate of drug-likeness (QED) is 0.888. The number of carbonyl (C=O) groups excluding carboxylic acids is 1. The van der Waals surface area contributed by atoms with E-state index in [0.29, 0.717) is 17.3 Å². The molecule has 1 saturated carbocycles. The van der Waals surface area contributed by atoms with Crippen LogP contribution in [0.2, 0.25) is 0 Å². The second kappa shape index (κ2) is 5.91. The second-order valence-electron chi connectivity index (χ2n) is 5.12. The van der Waals surface area contributed by atoms with Crippen molar-refractivity contribution in [1.29, 1.82) is 0 Å². The van der Waals surface area contributed by atoms with Gasteiger partial charge in [-0.1, -0.05) is 18.2 Å². The van der Waals surface area contributed by atoms with Gasteiger partial charge in [0.2, 0.25) is 0 Å². The summed E-state index contributed by atoms with van der Waals surface area (Å²) in [5.74, 6) is -0.633. The largest absolute Gasteiger partial charge is 0.381 e.